The molecule has 1 aliphatic rings. The molecule has 1 saturated heterocycles. The van der Waals surface area contributed by atoms with Gasteiger partial charge in [0.1, 0.15) is 54.4 Å². The Labute approximate surface area is 484 Å². The molecule has 464 valence electrons. The van der Waals surface area contributed by atoms with Crippen molar-refractivity contribution in [1.29, 1.82) is 0 Å². The average Bonchev–Trinajstić information content (AvgIpc) is 3.37. The summed E-state index contributed by atoms with van der Waals surface area (Å²) in [6, 6.07) is -11.7. The zero-order valence-corrected chi connectivity index (χ0v) is 53.2. The van der Waals surface area contributed by atoms with E-state index in [4.69, 9.17) is 0 Å². The molecule has 5 N–H and O–H groups in total. The van der Waals surface area contributed by atoms with Crippen molar-refractivity contribution < 1.29 is 57.8 Å². The summed E-state index contributed by atoms with van der Waals surface area (Å²) in [5.74, 6) is -8.61. The maximum Gasteiger partial charge on any atom is 0.324 e. The molecule has 23 heteroatoms. The Balaban J connectivity index is 4.24. The fourth-order valence-electron chi connectivity index (χ4n) is 10.1. The Bertz CT molecular complexity index is 2170. The average molecular weight is 1150 g/mol. The highest BCUT2D eigenvalue weighted by Gasteiger charge is 2.44. The van der Waals surface area contributed by atoms with E-state index in [1.807, 2.05) is 62.3 Å². The predicted molar refractivity (Wildman–Crippen MR) is 310 cm³/mol. The molecular formula is C58H105N11O12. The van der Waals surface area contributed by atoms with Crippen molar-refractivity contribution in [3.05, 3.63) is 0 Å². The number of carbonyl (C=O) groups excluding carboxylic acids is 11. The summed E-state index contributed by atoms with van der Waals surface area (Å²) in [5, 5.41) is 20.5. The van der Waals surface area contributed by atoms with Crippen molar-refractivity contribution in [2.75, 3.05) is 62.5 Å². The summed E-state index contributed by atoms with van der Waals surface area (Å²) in [5.41, 5.74) is 0. The Morgan fingerprint density at radius 3 is 1.32 bits per heavy atom. The minimum absolute atomic E-state index is 0.0585. The fraction of sp³-hybridized carbons (Fsp3) is 0.810. The Morgan fingerprint density at radius 1 is 0.457 bits per heavy atom. The molecule has 12 amide bonds. The summed E-state index contributed by atoms with van der Waals surface area (Å²) in [6.45, 7) is 25.9. The van der Waals surface area contributed by atoms with Gasteiger partial charge in [0.2, 0.25) is 59.1 Å². The van der Waals surface area contributed by atoms with Crippen molar-refractivity contribution >= 4 is 65.1 Å². The first-order valence-electron chi connectivity index (χ1n) is 29.0. The third kappa shape index (κ3) is 21.1. The summed E-state index contributed by atoms with van der Waals surface area (Å²) < 4.78 is 0. The number of nitrogens with one attached hydrogen (secondary N) is 4. The van der Waals surface area contributed by atoms with Crippen LogP contribution >= 0.6 is 0 Å². The van der Waals surface area contributed by atoms with Crippen LogP contribution in [0.15, 0.2) is 0 Å². The lowest BCUT2D eigenvalue weighted by atomic mass is 9.94. The minimum Gasteiger partial charge on any atom is -0.396 e. The lowest BCUT2D eigenvalue weighted by molar-refractivity contribution is -0.154. The van der Waals surface area contributed by atoms with Gasteiger partial charge in [-0.15, -0.1) is 0 Å². The van der Waals surface area contributed by atoms with Crippen molar-refractivity contribution in [3.63, 3.8) is 0 Å². The van der Waals surface area contributed by atoms with Gasteiger partial charge < -0.3 is 55.4 Å². The van der Waals surface area contributed by atoms with Crippen molar-refractivity contribution in [1.82, 2.24) is 55.6 Å². The van der Waals surface area contributed by atoms with E-state index in [1.165, 1.54) is 80.8 Å². The van der Waals surface area contributed by atoms with Crippen LogP contribution < -0.4 is 21.3 Å². The molecule has 0 bridgehead atoms. The number of likely N-dealkylation sites (N-methyl/N-ethyl adjacent to an activating group) is 7. The molecule has 0 spiro atoms. The molecule has 0 aromatic carbocycles. The largest absolute Gasteiger partial charge is 0.396 e. The summed E-state index contributed by atoms with van der Waals surface area (Å²) in [4.78, 5) is 167. The first-order valence-corrected chi connectivity index (χ1v) is 29.0. The third-order valence-electron chi connectivity index (χ3n) is 15.2. The Kier molecular flexibility index (Phi) is 30.1. The van der Waals surface area contributed by atoms with E-state index in [0.29, 0.717) is 0 Å². The second kappa shape index (κ2) is 33.3. The number of rotatable bonds is 15. The van der Waals surface area contributed by atoms with E-state index in [9.17, 15) is 57.8 Å². The van der Waals surface area contributed by atoms with Gasteiger partial charge in [-0.05, 0) is 93.3 Å². The van der Waals surface area contributed by atoms with Gasteiger partial charge in [-0.1, -0.05) is 96.9 Å². The maximum atomic E-state index is 15.0. The first-order chi connectivity index (χ1) is 37.4. The quantitative estimate of drug-likeness (QED) is 0.158. The lowest BCUT2D eigenvalue weighted by Gasteiger charge is -2.40. The standard InChI is InChI=1S/C58H105N11O12/c1-23-40-53(76)63(16)31-46(71)64(17)41(26-32(2)3)52(75)61-47(36(10)11)56(79)65(18)42(27-33(4)5)50(73)59-39(15)49(72)62-58(81)68(21)45(29-35(8)9)54(77)67(20)44(28-34(6)7)55(78)69(22)48(37(12)13)57(80)66(19)43(51(74)60-40)30-38(14)24-25-70/h32-45,47-48,70H,23-31H2,1-22H3,(H,59,73)(H,60,74)(H,61,75)(H,62,72,81)/t38-,39-,40?,41+,42?,43?,44?,45-,47?,48?/m1/s1. The topological polar surface area (TPSA) is 279 Å². The van der Waals surface area contributed by atoms with Crippen molar-refractivity contribution in [3.8, 4) is 0 Å². The number of amides is 12. The van der Waals surface area contributed by atoms with Crippen molar-refractivity contribution in [2.24, 2.45) is 41.4 Å². The van der Waals surface area contributed by atoms with Crippen LogP contribution in [-0.4, -0.2) is 221 Å². The zero-order valence-electron chi connectivity index (χ0n) is 53.2. The molecule has 0 aromatic rings. The Morgan fingerprint density at radius 2 is 0.864 bits per heavy atom. The number of hydrogen-bond acceptors (Lipinski definition) is 12. The molecule has 10 atom stereocenters. The van der Waals surface area contributed by atoms with Crippen LogP contribution in [0.3, 0.4) is 0 Å². The first kappa shape index (κ1) is 73.1. The van der Waals surface area contributed by atoms with E-state index in [0.717, 1.165) is 9.80 Å². The van der Waals surface area contributed by atoms with Gasteiger partial charge >= 0.3 is 6.03 Å². The SMILES string of the molecule is CCC1NC(=O)C(C[C@H](C)CCO)N(C)C(=O)C(C(C)C)N(C)C(=O)C(CC(C)C)N(C)C(=O)[C@@H](CC(C)C)N(C)C(=O)NC(=O)[C@@H](C)NC(=O)C(CC(C)C)N(C)C(=O)C(C(C)C)NC(=O)[C@H](CC(C)C)N(C)C(=O)CN(C)C1=O. The third-order valence-corrected chi connectivity index (χ3v) is 15.2. The fourth-order valence-corrected chi connectivity index (χ4v) is 10.1. The van der Waals surface area contributed by atoms with Crippen LogP contribution in [-0.2, 0) is 47.9 Å². The molecule has 1 aliphatic heterocycles. The molecule has 0 saturated carbocycles. The van der Waals surface area contributed by atoms with Crippen LogP contribution in [0.1, 0.15) is 149 Å². The van der Waals surface area contributed by atoms with Gasteiger partial charge in [-0.2, -0.15) is 0 Å². The van der Waals surface area contributed by atoms with Crippen LogP contribution in [0, 0.1) is 41.4 Å². The normalized spacial score (nSPS) is 26.1. The highest BCUT2D eigenvalue weighted by Crippen LogP contribution is 2.25. The molecule has 23 nitrogen and oxygen atoms in total. The van der Waals surface area contributed by atoms with Gasteiger partial charge in [-0.25, -0.2) is 4.79 Å². The van der Waals surface area contributed by atoms with Crippen LogP contribution in [0.5, 0.6) is 0 Å². The van der Waals surface area contributed by atoms with Gasteiger partial charge in [0.15, 0.2) is 0 Å². The Hall–Kier alpha value is -5.87. The second-order valence-electron chi connectivity index (χ2n) is 25.0. The predicted octanol–water partition coefficient (Wildman–Crippen LogP) is 2.92. The van der Waals surface area contributed by atoms with Crippen molar-refractivity contribution in [2.45, 2.75) is 203 Å². The van der Waals surface area contributed by atoms with Gasteiger partial charge in [0.25, 0.3) is 0 Å². The highest BCUT2D eigenvalue weighted by molar-refractivity contribution is 6.02. The number of carbonyl (C=O) groups is 11. The monoisotopic (exact) mass is 1150 g/mol. The highest BCUT2D eigenvalue weighted by atomic mass is 16.3. The maximum absolute atomic E-state index is 15.0. The summed E-state index contributed by atoms with van der Waals surface area (Å²) in [6.07, 6.45) is 0.997. The van der Waals surface area contributed by atoms with Crippen LogP contribution in [0.2, 0.25) is 0 Å². The smallest absolute Gasteiger partial charge is 0.324 e. The molecule has 1 heterocycles. The molecule has 0 aromatic heterocycles. The molecule has 81 heavy (non-hydrogen) atoms. The number of imide groups is 1. The van der Waals surface area contributed by atoms with Crippen LogP contribution in [0.4, 0.5) is 4.79 Å². The van der Waals surface area contributed by atoms with E-state index in [-0.39, 0.29) is 81.1 Å². The van der Waals surface area contributed by atoms with Crippen LogP contribution in [0.25, 0.3) is 0 Å². The molecule has 0 aliphatic carbocycles. The second-order valence-corrected chi connectivity index (χ2v) is 25.0. The van der Waals surface area contributed by atoms with Gasteiger partial charge in [0.05, 0.1) is 6.54 Å². The molecule has 0 radical (unpaired) electrons. The van der Waals surface area contributed by atoms with E-state index in [1.54, 1.807) is 34.6 Å². The van der Waals surface area contributed by atoms with E-state index in [2.05, 4.69) is 21.3 Å². The van der Waals surface area contributed by atoms with E-state index >= 15 is 0 Å². The number of hydrogen-bond donors (Lipinski definition) is 5. The number of nitrogens with zero attached hydrogens (tertiary/aromatic N) is 7. The lowest BCUT2D eigenvalue weighted by Crippen LogP contribution is -2.62. The minimum atomic E-state index is -1.33. The number of aliphatic hydroxyl groups excluding tert-OH is 1. The number of urea groups is 1. The molecule has 6 unspecified atom stereocenters. The summed E-state index contributed by atoms with van der Waals surface area (Å²) >= 11 is 0. The zero-order chi connectivity index (χ0) is 62.8. The van der Waals surface area contributed by atoms with Gasteiger partial charge in [-0.3, -0.25) is 53.3 Å². The number of aliphatic hydroxyl groups is 1. The summed E-state index contributed by atoms with van der Waals surface area (Å²) in [7, 11) is 9.93. The van der Waals surface area contributed by atoms with Gasteiger partial charge in [0, 0.05) is 55.9 Å². The molecule has 1 rings (SSSR count). The molecular weight excluding hydrogens is 1040 g/mol. The van der Waals surface area contributed by atoms with E-state index < -0.39 is 138 Å². The molecule has 1 fully saturated rings.